The van der Waals surface area contributed by atoms with E-state index in [1.165, 1.54) is 6.33 Å². The van der Waals surface area contributed by atoms with Gasteiger partial charge < -0.3 is 15.2 Å². The Bertz CT molecular complexity index is 584. The summed E-state index contributed by atoms with van der Waals surface area (Å²) in [6.45, 7) is 5.26. The molecule has 0 radical (unpaired) electrons. The van der Waals surface area contributed by atoms with Gasteiger partial charge >= 0.3 is 0 Å². The van der Waals surface area contributed by atoms with Gasteiger partial charge in [0.25, 0.3) is 0 Å². The van der Waals surface area contributed by atoms with Gasteiger partial charge in [0, 0.05) is 13.1 Å². The van der Waals surface area contributed by atoms with E-state index in [1.807, 2.05) is 18.7 Å². The molecule has 2 rings (SSSR count). The fraction of sp³-hybridized carbons (Fsp3) is 0.455. The summed E-state index contributed by atoms with van der Waals surface area (Å²) in [6.07, 6.45) is 1.53. The number of rotatable bonds is 5. The van der Waals surface area contributed by atoms with Crippen LogP contribution in [0.1, 0.15) is 13.8 Å². The summed E-state index contributed by atoms with van der Waals surface area (Å²) in [7, 11) is 0. The average molecular weight is 283 g/mol. The van der Waals surface area contributed by atoms with Crippen LogP contribution in [0.3, 0.4) is 0 Å². The highest BCUT2D eigenvalue weighted by Crippen LogP contribution is 2.22. The Balaban J connectivity index is 2.34. The zero-order chi connectivity index (χ0) is 13.8. The van der Waals surface area contributed by atoms with Crippen LogP contribution in [0.25, 0.3) is 11.2 Å². The summed E-state index contributed by atoms with van der Waals surface area (Å²) in [6, 6.07) is 0. The summed E-state index contributed by atoms with van der Waals surface area (Å²) in [5, 5.41) is 2.87. The number of carbonyl (C=O) groups is 1. The van der Waals surface area contributed by atoms with Gasteiger partial charge in [-0.1, -0.05) is 0 Å². The summed E-state index contributed by atoms with van der Waals surface area (Å²) in [5.41, 5.74) is 1.17. The standard InChI is InChI=1S/C11H15ClN6O/c1-3-13-7(19)5-18(4-2)10-8-9(15-6-14-8)16-11(12)17-10/h6H,3-5H2,1-2H3,(H,13,19)(H,14,15,16,17). The first-order chi connectivity index (χ1) is 9.15. The molecule has 0 aliphatic heterocycles. The molecule has 1 amide bonds. The third-order valence-corrected chi connectivity index (χ3v) is 2.80. The lowest BCUT2D eigenvalue weighted by Gasteiger charge is -2.21. The van der Waals surface area contributed by atoms with Crippen LogP contribution >= 0.6 is 11.6 Å². The van der Waals surface area contributed by atoms with E-state index in [1.54, 1.807) is 0 Å². The van der Waals surface area contributed by atoms with Crippen LogP contribution in [0.5, 0.6) is 0 Å². The van der Waals surface area contributed by atoms with Crippen molar-refractivity contribution in [3.05, 3.63) is 11.6 Å². The maximum atomic E-state index is 11.7. The van der Waals surface area contributed by atoms with E-state index in [-0.39, 0.29) is 17.7 Å². The first-order valence-corrected chi connectivity index (χ1v) is 6.41. The normalized spacial score (nSPS) is 10.7. The minimum Gasteiger partial charge on any atom is -0.355 e. The molecule has 2 heterocycles. The molecule has 0 saturated carbocycles. The molecule has 0 fully saturated rings. The van der Waals surface area contributed by atoms with Gasteiger partial charge in [-0.3, -0.25) is 4.79 Å². The Morgan fingerprint density at radius 2 is 2.26 bits per heavy atom. The van der Waals surface area contributed by atoms with Crippen molar-refractivity contribution in [1.82, 2.24) is 25.3 Å². The molecule has 2 N–H and O–H groups in total. The lowest BCUT2D eigenvalue weighted by molar-refractivity contribution is -0.119. The van der Waals surface area contributed by atoms with E-state index >= 15 is 0 Å². The Morgan fingerprint density at radius 1 is 1.47 bits per heavy atom. The van der Waals surface area contributed by atoms with Gasteiger partial charge in [0.05, 0.1) is 12.9 Å². The fourth-order valence-corrected chi connectivity index (χ4v) is 1.94. The number of likely N-dealkylation sites (N-methyl/N-ethyl adjacent to an activating group) is 2. The smallest absolute Gasteiger partial charge is 0.239 e. The molecule has 7 nitrogen and oxygen atoms in total. The number of H-pyrrole nitrogens is 1. The molecule has 0 aliphatic rings. The largest absolute Gasteiger partial charge is 0.355 e. The Labute approximate surface area is 115 Å². The van der Waals surface area contributed by atoms with Crippen LogP contribution in [0, 0.1) is 0 Å². The predicted molar refractivity (Wildman–Crippen MR) is 73.3 cm³/mol. The second kappa shape index (κ2) is 5.83. The number of anilines is 1. The van der Waals surface area contributed by atoms with Gasteiger partial charge in [-0.25, -0.2) is 4.98 Å². The topological polar surface area (TPSA) is 86.8 Å². The molecular formula is C11H15ClN6O. The van der Waals surface area contributed by atoms with Gasteiger partial charge in [-0.05, 0) is 25.4 Å². The molecule has 0 aliphatic carbocycles. The lowest BCUT2D eigenvalue weighted by Crippen LogP contribution is -2.37. The minimum atomic E-state index is -0.0632. The lowest BCUT2D eigenvalue weighted by atomic mass is 10.4. The van der Waals surface area contributed by atoms with Gasteiger partial charge in [0.1, 0.15) is 5.52 Å². The molecule has 2 aromatic heterocycles. The minimum absolute atomic E-state index is 0.0632. The number of halogens is 1. The summed E-state index contributed by atoms with van der Waals surface area (Å²) >= 11 is 5.88. The second-order valence-electron chi connectivity index (χ2n) is 3.89. The van der Waals surface area contributed by atoms with Gasteiger partial charge in [0.15, 0.2) is 11.5 Å². The Hall–Kier alpha value is -1.89. The molecule has 0 spiro atoms. The molecule has 102 valence electrons. The van der Waals surface area contributed by atoms with Crippen molar-refractivity contribution in [2.24, 2.45) is 0 Å². The number of amides is 1. The van der Waals surface area contributed by atoms with E-state index in [9.17, 15) is 4.79 Å². The van der Waals surface area contributed by atoms with Crippen LogP contribution < -0.4 is 10.2 Å². The molecule has 2 aromatic rings. The molecule has 0 bridgehead atoms. The molecular weight excluding hydrogens is 268 g/mol. The fourth-order valence-electron chi connectivity index (χ4n) is 1.78. The predicted octanol–water partition coefficient (Wildman–Crippen LogP) is 0.969. The molecule has 0 saturated heterocycles. The van der Waals surface area contributed by atoms with Crippen molar-refractivity contribution >= 4 is 34.5 Å². The first kappa shape index (κ1) is 13.5. The van der Waals surface area contributed by atoms with Crippen LogP contribution in [-0.4, -0.2) is 45.5 Å². The van der Waals surface area contributed by atoms with Crippen LogP contribution in [0.2, 0.25) is 5.28 Å². The molecule has 0 unspecified atom stereocenters. The van der Waals surface area contributed by atoms with Crippen LogP contribution in [0.4, 0.5) is 5.82 Å². The zero-order valence-corrected chi connectivity index (χ0v) is 11.5. The average Bonchev–Trinajstić information content (AvgIpc) is 2.83. The van der Waals surface area contributed by atoms with Crippen molar-refractivity contribution in [2.45, 2.75) is 13.8 Å². The van der Waals surface area contributed by atoms with Gasteiger partial charge in [0.2, 0.25) is 11.2 Å². The quantitative estimate of drug-likeness (QED) is 0.798. The molecule has 8 heteroatoms. The number of hydrogen-bond acceptors (Lipinski definition) is 5. The van der Waals surface area contributed by atoms with E-state index in [0.717, 1.165) is 0 Å². The van der Waals surface area contributed by atoms with Gasteiger partial charge in [-0.2, -0.15) is 9.97 Å². The number of fused-ring (bicyclic) bond motifs is 1. The monoisotopic (exact) mass is 282 g/mol. The van der Waals surface area contributed by atoms with E-state index in [0.29, 0.717) is 30.1 Å². The maximum Gasteiger partial charge on any atom is 0.239 e. The number of aromatic nitrogens is 4. The van der Waals surface area contributed by atoms with E-state index in [2.05, 4.69) is 25.3 Å². The van der Waals surface area contributed by atoms with Crippen LogP contribution in [0.15, 0.2) is 6.33 Å². The number of aromatic amines is 1. The SMILES string of the molecule is CCNC(=O)CN(CC)c1nc(Cl)nc2nc[nH]c12. The summed E-state index contributed by atoms with van der Waals surface area (Å²) < 4.78 is 0. The number of carbonyl (C=O) groups excluding carboxylic acids is 1. The number of imidazole rings is 1. The van der Waals surface area contributed by atoms with E-state index < -0.39 is 0 Å². The van der Waals surface area contributed by atoms with Crippen molar-refractivity contribution in [3.63, 3.8) is 0 Å². The highest BCUT2D eigenvalue weighted by molar-refractivity contribution is 6.28. The Kier molecular flexibility index (Phi) is 4.16. The van der Waals surface area contributed by atoms with Crippen molar-refractivity contribution in [2.75, 3.05) is 24.5 Å². The Morgan fingerprint density at radius 3 is 2.95 bits per heavy atom. The molecule has 19 heavy (non-hydrogen) atoms. The molecule has 0 aromatic carbocycles. The number of nitrogens with zero attached hydrogens (tertiary/aromatic N) is 4. The third-order valence-electron chi connectivity index (χ3n) is 2.63. The summed E-state index contributed by atoms with van der Waals surface area (Å²) in [5.74, 6) is 0.521. The highest BCUT2D eigenvalue weighted by atomic mass is 35.5. The van der Waals surface area contributed by atoms with Gasteiger partial charge in [-0.15, -0.1) is 0 Å². The van der Waals surface area contributed by atoms with Crippen molar-refractivity contribution < 1.29 is 4.79 Å². The van der Waals surface area contributed by atoms with Crippen molar-refractivity contribution in [3.8, 4) is 0 Å². The zero-order valence-electron chi connectivity index (χ0n) is 10.8. The highest BCUT2D eigenvalue weighted by Gasteiger charge is 2.16. The maximum absolute atomic E-state index is 11.7. The number of nitrogens with one attached hydrogen (secondary N) is 2. The second-order valence-corrected chi connectivity index (χ2v) is 4.22. The van der Waals surface area contributed by atoms with Crippen molar-refractivity contribution in [1.29, 1.82) is 0 Å². The van der Waals surface area contributed by atoms with Crippen LogP contribution in [-0.2, 0) is 4.79 Å². The summed E-state index contributed by atoms with van der Waals surface area (Å²) in [4.78, 5) is 28.7. The number of hydrogen-bond donors (Lipinski definition) is 2. The van der Waals surface area contributed by atoms with E-state index in [4.69, 9.17) is 11.6 Å². The molecule has 0 atom stereocenters. The first-order valence-electron chi connectivity index (χ1n) is 6.04. The third kappa shape index (κ3) is 2.93.